The number of carboxylic acid groups (broad SMARTS) is 1. The molecule has 7 nitrogen and oxygen atoms in total. The molecule has 0 heterocycles. The van der Waals surface area contributed by atoms with Gasteiger partial charge in [0.05, 0.1) is 28.8 Å². The molecule has 0 saturated carbocycles. The smallest absolute Gasteiger partial charge is 0.337 e. The molecule has 138 valence electrons. The molecule has 0 aliphatic heterocycles. The molecule has 2 N–H and O–H groups in total. The van der Waals surface area contributed by atoms with E-state index in [9.17, 15) is 23.1 Å². The van der Waals surface area contributed by atoms with Crippen molar-refractivity contribution in [1.82, 2.24) is 0 Å². The number of hydrogen-bond donors (Lipinski definition) is 2. The lowest BCUT2D eigenvalue weighted by Crippen LogP contribution is -2.17. The Bertz CT molecular complexity index is 995. The number of aryl methyl sites for hydroxylation is 2. The SMILES string of the molecule is COC(=O)c1ccc(C)c(NS(=O)(=O)c2cc(C(=O)O)cc(C)c2C)c1. The molecule has 0 bridgehead atoms. The molecule has 0 fully saturated rings. The van der Waals surface area contributed by atoms with Crippen molar-refractivity contribution in [3.8, 4) is 0 Å². The normalized spacial score (nSPS) is 11.1. The highest BCUT2D eigenvalue weighted by atomic mass is 32.2. The van der Waals surface area contributed by atoms with Crippen LogP contribution < -0.4 is 4.72 Å². The van der Waals surface area contributed by atoms with Crippen LogP contribution in [0.5, 0.6) is 0 Å². The van der Waals surface area contributed by atoms with Crippen LogP contribution in [0.15, 0.2) is 35.2 Å². The summed E-state index contributed by atoms with van der Waals surface area (Å²) < 4.78 is 32.7. The summed E-state index contributed by atoms with van der Waals surface area (Å²) in [7, 11) is -2.83. The molecule has 0 aromatic heterocycles. The van der Waals surface area contributed by atoms with Crippen LogP contribution in [0, 0.1) is 20.8 Å². The molecule has 0 unspecified atom stereocenters. The molecule has 0 aliphatic rings. The lowest BCUT2D eigenvalue weighted by Gasteiger charge is -2.15. The largest absolute Gasteiger partial charge is 0.478 e. The van der Waals surface area contributed by atoms with Gasteiger partial charge >= 0.3 is 11.9 Å². The number of benzene rings is 2. The Labute approximate surface area is 151 Å². The molecular formula is C18H19NO6S. The third kappa shape index (κ3) is 3.85. The van der Waals surface area contributed by atoms with E-state index in [0.29, 0.717) is 16.7 Å². The maximum Gasteiger partial charge on any atom is 0.337 e. The second kappa shape index (κ2) is 7.17. The Hall–Kier alpha value is -2.87. The summed E-state index contributed by atoms with van der Waals surface area (Å²) in [5.74, 6) is -1.81. The van der Waals surface area contributed by atoms with Crippen LogP contribution in [0.4, 0.5) is 5.69 Å². The third-order valence-electron chi connectivity index (χ3n) is 4.06. The number of carboxylic acids is 1. The van der Waals surface area contributed by atoms with E-state index < -0.39 is 22.0 Å². The molecular weight excluding hydrogens is 358 g/mol. The van der Waals surface area contributed by atoms with Gasteiger partial charge in [0.15, 0.2) is 0 Å². The Morgan fingerprint density at radius 3 is 2.23 bits per heavy atom. The zero-order chi connectivity index (χ0) is 19.6. The van der Waals surface area contributed by atoms with E-state index in [1.54, 1.807) is 26.8 Å². The number of nitrogens with one attached hydrogen (secondary N) is 1. The van der Waals surface area contributed by atoms with Crippen LogP contribution in [0.25, 0.3) is 0 Å². The van der Waals surface area contributed by atoms with E-state index in [2.05, 4.69) is 9.46 Å². The number of aromatic carboxylic acids is 1. The van der Waals surface area contributed by atoms with E-state index in [1.165, 1.54) is 25.3 Å². The lowest BCUT2D eigenvalue weighted by atomic mass is 10.1. The van der Waals surface area contributed by atoms with Crippen LogP contribution in [-0.2, 0) is 14.8 Å². The van der Waals surface area contributed by atoms with Crippen LogP contribution in [0.2, 0.25) is 0 Å². The Morgan fingerprint density at radius 2 is 1.65 bits per heavy atom. The van der Waals surface area contributed by atoms with Gasteiger partial charge in [-0.05, 0) is 61.7 Å². The summed E-state index contributed by atoms with van der Waals surface area (Å²) in [5, 5.41) is 9.18. The van der Waals surface area contributed by atoms with Crippen molar-refractivity contribution in [2.24, 2.45) is 0 Å². The molecule has 2 rings (SSSR count). The number of ether oxygens (including phenoxy) is 1. The monoisotopic (exact) mass is 377 g/mol. The van der Waals surface area contributed by atoms with Crippen molar-refractivity contribution < 1.29 is 27.9 Å². The summed E-state index contributed by atoms with van der Waals surface area (Å²) in [5.41, 5.74) is 1.89. The summed E-state index contributed by atoms with van der Waals surface area (Å²) in [6, 6.07) is 7.03. The lowest BCUT2D eigenvalue weighted by molar-refractivity contribution is 0.0600. The van der Waals surface area contributed by atoms with Crippen molar-refractivity contribution >= 4 is 27.6 Å². The fraction of sp³-hybridized carbons (Fsp3) is 0.222. The predicted molar refractivity (Wildman–Crippen MR) is 96.2 cm³/mol. The summed E-state index contributed by atoms with van der Waals surface area (Å²) in [4.78, 5) is 22.8. The minimum Gasteiger partial charge on any atom is -0.478 e. The van der Waals surface area contributed by atoms with E-state index in [-0.39, 0.29) is 21.7 Å². The number of hydrogen-bond acceptors (Lipinski definition) is 5. The molecule has 0 saturated heterocycles. The molecule has 0 spiro atoms. The number of rotatable bonds is 5. The van der Waals surface area contributed by atoms with E-state index >= 15 is 0 Å². The van der Waals surface area contributed by atoms with Gasteiger partial charge in [-0.25, -0.2) is 18.0 Å². The second-order valence-electron chi connectivity index (χ2n) is 5.85. The van der Waals surface area contributed by atoms with Crippen molar-refractivity contribution in [3.05, 3.63) is 58.1 Å². The van der Waals surface area contributed by atoms with Crippen LogP contribution in [-0.4, -0.2) is 32.6 Å². The zero-order valence-electron chi connectivity index (χ0n) is 14.8. The first-order chi connectivity index (χ1) is 12.1. The minimum atomic E-state index is -4.06. The van der Waals surface area contributed by atoms with E-state index in [4.69, 9.17) is 0 Å². The second-order valence-corrected chi connectivity index (χ2v) is 7.50. The average Bonchev–Trinajstić information content (AvgIpc) is 2.57. The first kappa shape index (κ1) is 19.5. The van der Waals surface area contributed by atoms with E-state index in [0.717, 1.165) is 6.07 Å². The number of esters is 1. The molecule has 0 atom stereocenters. The van der Waals surface area contributed by atoms with Gasteiger partial charge < -0.3 is 9.84 Å². The van der Waals surface area contributed by atoms with Gasteiger partial charge in [-0.1, -0.05) is 6.07 Å². The molecule has 2 aromatic carbocycles. The van der Waals surface area contributed by atoms with Crippen LogP contribution in [0.3, 0.4) is 0 Å². The third-order valence-corrected chi connectivity index (χ3v) is 5.55. The fourth-order valence-electron chi connectivity index (χ4n) is 2.41. The zero-order valence-corrected chi connectivity index (χ0v) is 15.6. The maximum absolute atomic E-state index is 12.8. The Balaban J connectivity index is 2.54. The molecule has 0 amide bonds. The van der Waals surface area contributed by atoms with Gasteiger partial charge in [0.2, 0.25) is 0 Å². The standard InChI is InChI=1S/C18H19NO6S/c1-10-5-6-13(18(22)25-4)8-15(10)19-26(23,24)16-9-14(17(20)21)7-11(2)12(16)3/h5-9,19H,1-4H3,(H,20,21). The highest BCUT2D eigenvalue weighted by Crippen LogP contribution is 2.26. The van der Waals surface area contributed by atoms with Gasteiger partial charge in [-0.15, -0.1) is 0 Å². The minimum absolute atomic E-state index is 0.117. The molecule has 0 radical (unpaired) electrons. The fourth-order valence-corrected chi connectivity index (χ4v) is 3.87. The van der Waals surface area contributed by atoms with Crippen molar-refractivity contribution in [2.75, 3.05) is 11.8 Å². The molecule has 0 aliphatic carbocycles. The van der Waals surface area contributed by atoms with Crippen LogP contribution >= 0.6 is 0 Å². The van der Waals surface area contributed by atoms with Gasteiger partial charge in [0.25, 0.3) is 10.0 Å². The van der Waals surface area contributed by atoms with Gasteiger partial charge in [0.1, 0.15) is 0 Å². The van der Waals surface area contributed by atoms with Gasteiger partial charge in [0, 0.05) is 0 Å². The first-order valence-corrected chi connectivity index (χ1v) is 9.11. The number of methoxy groups -OCH3 is 1. The predicted octanol–water partition coefficient (Wildman–Crippen LogP) is 2.90. The summed E-state index contributed by atoms with van der Waals surface area (Å²) >= 11 is 0. The van der Waals surface area contributed by atoms with Gasteiger partial charge in [-0.2, -0.15) is 0 Å². The first-order valence-electron chi connectivity index (χ1n) is 7.63. The quantitative estimate of drug-likeness (QED) is 0.776. The van der Waals surface area contributed by atoms with Gasteiger partial charge in [-0.3, -0.25) is 4.72 Å². The summed E-state index contributed by atoms with van der Waals surface area (Å²) in [6.07, 6.45) is 0. The van der Waals surface area contributed by atoms with Crippen molar-refractivity contribution in [2.45, 2.75) is 25.7 Å². The average molecular weight is 377 g/mol. The highest BCUT2D eigenvalue weighted by Gasteiger charge is 2.22. The maximum atomic E-state index is 12.8. The van der Waals surface area contributed by atoms with E-state index in [1.807, 2.05) is 0 Å². The highest BCUT2D eigenvalue weighted by molar-refractivity contribution is 7.92. The summed E-state index contributed by atoms with van der Waals surface area (Å²) in [6.45, 7) is 4.93. The number of carbonyl (C=O) groups excluding carboxylic acids is 1. The Kier molecular flexibility index (Phi) is 5.36. The number of carbonyl (C=O) groups is 2. The molecule has 26 heavy (non-hydrogen) atoms. The molecule has 2 aromatic rings. The Morgan fingerprint density at radius 1 is 1.00 bits per heavy atom. The topological polar surface area (TPSA) is 110 Å². The van der Waals surface area contributed by atoms with Crippen LogP contribution in [0.1, 0.15) is 37.4 Å². The van der Waals surface area contributed by atoms with Crippen molar-refractivity contribution in [1.29, 1.82) is 0 Å². The number of sulfonamides is 1. The van der Waals surface area contributed by atoms with Crippen molar-refractivity contribution in [3.63, 3.8) is 0 Å². The number of anilines is 1. The molecule has 8 heteroatoms.